The third-order valence-electron chi connectivity index (χ3n) is 5.60. The number of hydrogen-bond donors (Lipinski definition) is 1. The summed E-state index contributed by atoms with van der Waals surface area (Å²) in [7, 11) is 3.16. The second-order valence-electron chi connectivity index (χ2n) is 7.93. The highest BCUT2D eigenvalue weighted by Crippen LogP contribution is 2.43. The van der Waals surface area contributed by atoms with Gasteiger partial charge in [0.25, 0.3) is 0 Å². The Balaban J connectivity index is 1.64. The van der Waals surface area contributed by atoms with Crippen molar-refractivity contribution in [2.24, 2.45) is 0 Å². The number of ether oxygens (including phenoxy) is 3. The van der Waals surface area contributed by atoms with Gasteiger partial charge in [-0.3, -0.25) is 0 Å². The van der Waals surface area contributed by atoms with Gasteiger partial charge in [0.05, 0.1) is 19.2 Å². The Kier molecular flexibility index (Phi) is 8.34. The van der Waals surface area contributed by atoms with Crippen LogP contribution in [0.15, 0.2) is 41.6 Å². The summed E-state index contributed by atoms with van der Waals surface area (Å²) in [4.78, 5) is 4.72. The first-order chi connectivity index (χ1) is 16.6. The Hall–Kier alpha value is -2.71. The van der Waals surface area contributed by atoms with Crippen LogP contribution < -0.4 is 19.5 Å². The van der Waals surface area contributed by atoms with Crippen LogP contribution in [0.2, 0.25) is 5.02 Å². The van der Waals surface area contributed by atoms with Gasteiger partial charge in [0, 0.05) is 28.6 Å². The van der Waals surface area contributed by atoms with Crippen molar-refractivity contribution in [1.29, 1.82) is 0 Å². The molecule has 1 N–H and O–H groups in total. The molecule has 0 radical (unpaired) electrons. The maximum Gasteiger partial charge on any atom is 0.247 e. The molecule has 0 saturated heterocycles. The zero-order valence-corrected chi connectivity index (χ0v) is 21.2. The number of unbranched alkanes of at least 4 members (excludes halogenated alkanes) is 4. The lowest BCUT2D eigenvalue weighted by Crippen LogP contribution is -2.18. The van der Waals surface area contributed by atoms with Gasteiger partial charge in [-0.25, -0.2) is 0 Å². The SMILES string of the molecule is CCCCCCCSc1nnc2c(n1)OC(c1cc(OC)c(OC)cc1Cl)Nc1ccccc1-2. The Morgan fingerprint density at radius 1 is 1.03 bits per heavy atom. The Bertz CT molecular complexity index is 1130. The average Bonchev–Trinajstić information content (AvgIpc) is 3.02. The molecule has 1 atom stereocenters. The van der Waals surface area contributed by atoms with Crippen molar-refractivity contribution >= 4 is 29.1 Å². The summed E-state index contributed by atoms with van der Waals surface area (Å²) in [5, 5.41) is 13.4. The van der Waals surface area contributed by atoms with Crippen LogP contribution in [-0.4, -0.2) is 35.2 Å². The summed E-state index contributed by atoms with van der Waals surface area (Å²) < 4.78 is 17.2. The van der Waals surface area contributed by atoms with Crippen LogP contribution in [0.25, 0.3) is 11.3 Å². The molecule has 180 valence electrons. The summed E-state index contributed by atoms with van der Waals surface area (Å²) in [6.45, 7) is 2.22. The van der Waals surface area contributed by atoms with E-state index in [1.807, 2.05) is 30.3 Å². The van der Waals surface area contributed by atoms with Crippen molar-refractivity contribution in [3.05, 3.63) is 47.0 Å². The number of methoxy groups -OCH3 is 2. The first-order valence-corrected chi connectivity index (χ1v) is 12.8. The molecule has 1 unspecified atom stereocenters. The zero-order chi connectivity index (χ0) is 23.9. The molecule has 1 aliphatic rings. The van der Waals surface area contributed by atoms with Gasteiger partial charge >= 0.3 is 0 Å². The molecule has 0 spiro atoms. The minimum Gasteiger partial charge on any atom is -0.493 e. The van der Waals surface area contributed by atoms with E-state index in [1.54, 1.807) is 32.0 Å². The van der Waals surface area contributed by atoms with E-state index < -0.39 is 6.23 Å². The Morgan fingerprint density at radius 2 is 1.79 bits per heavy atom. The van der Waals surface area contributed by atoms with E-state index in [0.29, 0.717) is 38.8 Å². The fourth-order valence-corrected chi connectivity index (χ4v) is 4.82. The molecule has 4 rings (SSSR count). The standard InChI is InChI=1S/C25H29ClN4O3S/c1-4-5-6-7-10-13-34-25-28-24-22(29-30-25)16-11-8-9-12-19(16)27-23(33-24)17-14-20(31-2)21(32-3)15-18(17)26/h8-9,11-12,14-15,23,27H,4-7,10,13H2,1-3H3. The van der Waals surface area contributed by atoms with Gasteiger partial charge in [-0.05, 0) is 18.6 Å². The van der Waals surface area contributed by atoms with Gasteiger partial charge in [-0.1, -0.05) is 74.2 Å². The van der Waals surface area contributed by atoms with E-state index in [-0.39, 0.29) is 0 Å². The normalized spacial score (nSPS) is 14.3. The van der Waals surface area contributed by atoms with Crippen LogP contribution in [0.5, 0.6) is 17.4 Å². The highest BCUT2D eigenvalue weighted by atomic mass is 35.5. The minimum absolute atomic E-state index is 0.414. The smallest absolute Gasteiger partial charge is 0.247 e. The third-order valence-corrected chi connectivity index (χ3v) is 6.85. The number of para-hydroxylation sites is 1. The molecule has 0 aliphatic carbocycles. The van der Waals surface area contributed by atoms with Crippen molar-refractivity contribution < 1.29 is 14.2 Å². The quantitative estimate of drug-likeness (QED) is 0.241. The number of hydrogen-bond acceptors (Lipinski definition) is 8. The second kappa shape index (κ2) is 11.6. The lowest BCUT2D eigenvalue weighted by Gasteiger charge is -2.21. The first kappa shape index (κ1) is 24.4. The van der Waals surface area contributed by atoms with Gasteiger partial charge in [-0.15, -0.1) is 10.2 Å². The van der Waals surface area contributed by atoms with Crippen LogP contribution in [0.4, 0.5) is 5.69 Å². The van der Waals surface area contributed by atoms with Crippen LogP contribution in [0, 0.1) is 0 Å². The average molecular weight is 501 g/mol. The molecule has 1 aromatic heterocycles. The number of aromatic nitrogens is 3. The summed E-state index contributed by atoms with van der Waals surface area (Å²) in [5.41, 5.74) is 3.01. The molecule has 0 amide bonds. The number of nitrogens with one attached hydrogen (secondary N) is 1. The lowest BCUT2D eigenvalue weighted by atomic mass is 10.1. The molecular weight excluding hydrogens is 472 g/mol. The summed E-state index contributed by atoms with van der Waals surface area (Å²) in [5.74, 6) is 2.47. The molecule has 1 aliphatic heterocycles. The highest BCUT2D eigenvalue weighted by molar-refractivity contribution is 7.99. The molecule has 0 fully saturated rings. The molecule has 7 nitrogen and oxygen atoms in total. The van der Waals surface area contributed by atoms with Gasteiger partial charge in [-0.2, -0.15) is 4.98 Å². The molecule has 34 heavy (non-hydrogen) atoms. The van der Waals surface area contributed by atoms with Crippen molar-refractivity contribution in [3.8, 4) is 28.6 Å². The van der Waals surface area contributed by atoms with E-state index >= 15 is 0 Å². The Morgan fingerprint density at radius 3 is 2.59 bits per heavy atom. The van der Waals surface area contributed by atoms with Gasteiger partial charge in [0.15, 0.2) is 23.4 Å². The van der Waals surface area contributed by atoms with Crippen LogP contribution in [-0.2, 0) is 0 Å². The maximum absolute atomic E-state index is 6.62. The van der Waals surface area contributed by atoms with Crippen LogP contribution >= 0.6 is 23.4 Å². The van der Waals surface area contributed by atoms with Crippen molar-refractivity contribution in [1.82, 2.24) is 15.2 Å². The molecule has 9 heteroatoms. The molecule has 0 bridgehead atoms. The summed E-state index contributed by atoms with van der Waals surface area (Å²) >= 11 is 8.22. The molecule has 2 aromatic carbocycles. The number of fused-ring (bicyclic) bond motifs is 3. The number of halogens is 1. The number of nitrogens with zero attached hydrogens (tertiary/aromatic N) is 3. The topological polar surface area (TPSA) is 78.4 Å². The fourth-order valence-electron chi connectivity index (χ4n) is 3.79. The highest BCUT2D eigenvalue weighted by Gasteiger charge is 2.28. The number of benzene rings is 2. The predicted octanol–water partition coefficient (Wildman–Crippen LogP) is 6.77. The van der Waals surface area contributed by atoms with E-state index in [2.05, 4.69) is 22.4 Å². The number of thioether (sulfide) groups is 1. The molecule has 2 heterocycles. The van der Waals surface area contributed by atoms with E-state index in [9.17, 15) is 0 Å². The van der Waals surface area contributed by atoms with Gasteiger partial charge < -0.3 is 19.5 Å². The third kappa shape index (κ3) is 5.50. The maximum atomic E-state index is 6.62. The molecule has 0 saturated carbocycles. The number of anilines is 1. The molecule has 3 aromatic rings. The molecular formula is C25H29ClN4O3S. The Labute approximate surface area is 209 Å². The monoisotopic (exact) mass is 500 g/mol. The van der Waals surface area contributed by atoms with Crippen LogP contribution in [0.1, 0.15) is 50.8 Å². The zero-order valence-electron chi connectivity index (χ0n) is 19.6. The predicted molar refractivity (Wildman–Crippen MR) is 136 cm³/mol. The number of rotatable bonds is 10. The van der Waals surface area contributed by atoms with E-state index in [4.69, 9.17) is 30.8 Å². The van der Waals surface area contributed by atoms with E-state index in [1.165, 1.54) is 25.7 Å². The first-order valence-electron chi connectivity index (χ1n) is 11.5. The van der Waals surface area contributed by atoms with Crippen molar-refractivity contribution in [2.75, 3.05) is 25.3 Å². The second-order valence-corrected chi connectivity index (χ2v) is 9.40. The minimum atomic E-state index is -0.613. The fraction of sp³-hybridized carbons (Fsp3) is 0.400. The van der Waals surface area contributed by atoms with Gasteiger partial charge in [0.1, 0.15) is 0 Å². The van der Waals surface area contributed by atoms with Crippen LogP contribution in [0.3, 0.4) is 0 Å². The summed E-state index contributed by atoms with van der Waals surface area (Å²) in [6.07, 6.45) is 5.51. The largest absolute Gasteiger partial charge is 0.493 e. The van der Waals surface area contributed by atoms with E-state index in [0.717, 1.165) is 23.4 Å². The van der Waals surface area contributed by atoms with Crippen molar-refractivity contribution in [2.45, 2.75) is 50.4 Å². The lowest BCUT2D eigenvalue weighted by molar-refractivity contribution is 0.224. The summed E-state index contributed by atoms with van der Waals surface area (Å²) in [6, 6.07) is 11.4. The van der Waals surface area contributed by atoms with Gasteiger partial charge in [0.2, 0.25) is 11.0 Å². The van der Waals surface area contributed by atoms with Crippen molar-refractivity contribution in [3.63, 3.8) is 0 Å².